The van der Waals surface area contributed by atoms with Crippen molar-refractivity contribution < 1.29 is 23.8 Å². The highest BCUT2D eigenvalue weighted by molar-refractivity contribution is 5.95. The van der Waals surface area contributed by atoms with Crippen LogP contribution in [0.5, 0.6) is 17.4 Å². The molecule has 144 valence electrons. The first-order valence-corrected chi connectivity index (χ1v) is 8.55. The van der Waals surface area contributed by atoms with Crippen molar-refractivity contribution in [2.45, 2.75) is 25.7 Å². The van der Waals surface area contributed by atoms with E-state index in [0.717, 1.165) is 11.3 Å². The zero-order valence-corrected chi connectivity index (χ0v) is 15.2. The standard InChI is InChI=1S/C19H22FN3O4/c1-11-3-12(8-21)4-18(22-11)27-15-6-13(5-14(7-15)26-2)19(25)23-9-16(20)17(24)10-23/h3-7,16-17,24H,8-10,21H2,1-2H3. The summed E-state index contributed by atoms with van der Waals surface area (Å²) in [6.45, 7) is 1.99. The Balaban J connectivity index is 1.88. The van der Waals surface area contributed by atoms with E-state index in [9.17, 15) is 14.3 Å². The summed E-state index contributed by atoms with van der Waals surface area (Å²) >= 11 is 0. The first kappa shape index (κ1) is 19.1. The fraction of sp³-hybridized carbons (Fsp3) is 0.368. The number of methoxy groups -OCH3 is 1. The number of rotatable bonds is 5. The number of nitrogens with two attached hydrogens (primary N) is 1. The summed E-state index contributed by atoms with van der Waals surface area (Å²) in [7, 11) is 1.47. The number of aliphatic hydroxyl groups is 1. The maximum absolute atomic E-state index is 13.6. The van der Waals surface area contributed by atoms with Gasteiger partial charge >= 0.3 is 0 Å². The van der Waals surface area contributed by atoms with Crippen molar-refractivity contribution >= 4 is 5.91 Å². The molecular weight excluding hydrogens is 353 g/mol. The molecule has 3 N–H and O–H groups in total. The van der Waals surface area contributed by atoms with Crippen LogP contribution in [0.25, 0.3) is 0 Å². The van der Waals surface area contributed by atoms with Gasteiger partial charge in [-0.05, 0) is 30.7 Å². The molecule has 0 bridgehead atoms. The Hall–Kier alpha value is -2.71. The smallest absolute Gasteiger partial charge is 0.254 e. The number of carbonyl (C=O) groups excluding carboxylic acids is 1. The molecule has 1 aliphatic rings. The minimum Gasteiger partial charge on any atom is -0.497 e. The van der Waals surface area contributed by atoms with Crippen LogP contribution in [0.4, 0.5) is 4.39 Å². The molecule has 0 spiro atoms. The Kier molecular flexibility index (Phi) is 5.57. The first-order chi connectivity index (χ1) is 12.9. The minimum absolute atomic E-state index is 0.0489. The van der Waals surface area contributed by atoms with Crippen LogP contribution in [-0.4, -0.2) is 53.4 Å². The number of benzene rings is 1. The number of amides is 1. The second-order valence-corrected chi connectivity index (χ2v) is 6.45. The maximum atomic E-state index is 13.6. The quantitative estimate of drug-likeness (QED) is 0.827. The van der Waals surface area contributed by atoms with Crippen LogP contribution < -0.4 is 15.2 Å². The number of likely N-dealkylation sites (tertiary alicyclic amines) is 1. The van der Waals surface area contributed by atoms with Crippen LogP contribution in [-0.2, 0) is 6.54 Å². The van der Waals surface area contributed by atoms with Gasteiger partial charge in [0.05, 0.1) is 13.7 Å². The average Bonchev–Trinajstić information content (AvgIpc) is 2.98. The average molecular weight is 375 g/mol. The summed E-state index contributed by atoms with van der Waals surface area (Å²) in [4.78, 5) is 18.2. The van der Waals surface area contributed by atoms with E-state index in [1.807, 2.05) is 13.0 Å². The number of hydrogen-bond acceptors (Lipinski definition) is 6. The molecule has 1 amide bonds. The van der Waals surface area contributed by atoms with E-state index in [-0.39, 0.29) is 18.7 Å². The van der Waals surface area contributed by atoms with Gasteiger partial charge in [-0.25, -0.2) is 9.37 Å². The fourth-order valence-electron chi connectivity index (χ4n) is 2.97. The second-order valence-electron chi connectivity index (χ2n) is 6.45. The highest BCUT2D eigenvalue weighted by Crippen LogP contribution is 2.28. The Bertz CT molecular complexity index is 836. The highest BCUT2D eigenvalue weighted by atomic mass is 19.1. The Labute approximate surface area is 156 Å². The summed E-state index contributed by atoms with van der Waals surface area (Å²) < 4.78 is 24.6. The van der Waals surface area contributed by atoms with E-state index in [0.29, 0.717) is 23.9 Å². The molecule has 1 aromatic carbocycles. The number of β-amino-alcohol motifs (C(OH)–C–C–N with tert-alkyl or cyclic N) is 1. The van der Waals surface area contributed by atoms with Gasteiger partial charge in [-0.2, -0.15) is 0 Å². The van der Waals surface area contributed by atoms with Crippen LogP contribution in [0.1, 0.15) is 21.6 Å². The zero-order valence-electron chi connectivity index (χ0n) is 15.2. The number of nitrogens with zero attached hydrogens (tertiary/aromatic N) is 2. The topological polar surface area (TPSA) is 97.9 Å². The van der Waals surface area contributed by atoms with E-state index in [1.54, 1.807) is 18.2 Å². The van der Waals surface area contributed by atoms with Gasteiger partial charge in [0.2, 0.25) is 5.88 Å². The third-order valence-electron chi connectivity index (χ3n) is 4.32. The third-order valence-corrected chi connectivity index (χ3v) is 4.32. The number of aromatic nitrogens is 1. The minimum atomic E-state index is -1.44. The number of ether oxygens (including phenoxy) is 2. The Morgan fingerprint density at radius 2 is 2.04 bits per heavy atom. The van der Waals surface area contributed by atoms with Crippen molar-refractivity contribution in [1.29, 1.82) is 0 Å². The van der Waals surface area contributed by atoms with Crippen LogP contribution >= 0.6 is 0 Å². The number of alkyl halides is 1. The molecule has 27 heavy (non-hydrogen) atoms. The van der Waals surface area contributed by atoms with Gasteiger partial charge in [0, 0.05) is 36.5 Å². The van der Waals surface area contributed by atoms with Gasteiger partial charge in [-0.15, -0.1) is 0 Å². The van der Waals surface area contributed by atoms with E-state index >= 15 is 0 Å². The monoisotopic (exact) mass is 375 g/mol. The number of halogens is 1. The molecule has 0 aliphatic carbocycles. The van der Waals surface area contributed by atoms with E-state index in [1.165, 1.54) is 18.1 Å². The number of aryl methyl sites for hydroxylation is 1. The molecule has 1 fully saturated rings. The molecule has 7 nitrogen and oxygen atoms in total. The number of pyridine rings is 1. The van der Waals surface area contributed by atoms with Crippen LogP contribution in [0.15, 0.2) is 30.3 Å². The van der Waals surface area contributed by atoms with Gasteiger partial charge in [-0.1, -0.05) is 0 Å². The lowest BCUT2D eigenvalue weighted by atomic mass is 10.1. The number of aliphatic hydroxyl groups excluding tert-OH is 1. The second kappa shape index (κ2) is 7.89. The number of hydrogen-bond donors (Lipinski definition) is 2. The largest absolute Gasteiger partial charge is 0.497 e. The van der Waals surface area contributed by atoms with E-state index in [4.69, 9.17) is 15.2 Å². The Morgan fingerprint density at radius 3 is 2.67 bits per heavy atom. The van der Waals surface area contributed by atoms with Gasteiger partial charge in [0.15, 0.2) is 0 Å². The van der Waals surface area contributed by atoms with Crippen LogP contribution in [0.2, 0.25) is 0 Å². The SMILES string of the molecule is COc1cc(Oc2cc(CN)cc(C)n2)cc(C(=O)N2CC(O)C(F)C2)c1. The maximum Gasteiger partial charge on any atom is 0.254 e. The van der Waals surface area contributed by atoms with Crippen molar-refractivity contribution in [3.05, 3.63) is 47.2 Å². The molecule has 2 heterocycles. The zero-order chi connectivity index (χ0) is 19.6. The van der Waals surface area contributed by atoms with Crippen LogP contribution in [0, 0.1) is 6.92 Å². The predicted molar refractivity (Wildman–Crippen MR) is 96.7 cm³/mol. The molecule has 1 aromatic heterocycles. The van der Waals surface area contributed by atoms with E-state index in [2.05, 4.69) is 4.98 Å². The molecule has 1 aliphatic heterocycles. The lowest BCUT2D eigenvalue weighted by molar-refractivity contribution is 0.0763. The Morgan fingerprint density at radius 1 is 1.30 bits per heavy atom. The summed E-state index contributed by atoms with van der Waals surface area (Å²) in [6, 6.07) is 8.29. The van der Waals surface area contributed by atoms with Crippen LogP contribution in [0.3, 0.4) is 0 Å². The van der Waals surface area contributed by atoms with Crippen molar-refractivity contribution in [3.8, 4) is 17.4 Å². The van der Waals surface area contributed by atoms with Gasteiger partial charge < -0.3 is 25.2 Å². The fourth-order valence-corrected chi connectivity index (χ4v) is 2.97. The summed E-state index contributed by atoms with van der Waals surface area (Å²) in [5, 5.41) is 9.55. The molecule has 2 unspecified atom stereocenters. The molecule has 3 rings (SSSR count). The normalized spacial score (nSPS) is 19.2. The lowest BCUT2D eigenvalue weighted by Gasteiger charge is -2.17. The summed E-state index contributed by atoms with van der Waals surface area (Å²) in [5.74, 6) is 0.717. The van der Waals surface area contributed by atoms with E-state index < -0.39 is 18.2 Å². The van der Waals surface area contributed by atoms with Crippen molar-refractivity contribution in [3.63, 3.8) is 0 Å². The first-order valence-electron chi connectivity index (χ1n) is 8.55. The third kappa shape index (κ3) is 4.35. The summed E-state index contributed by atoms with van der Waals surface area (Å²) in [6.07, 6.45) is -2.61. The van der Waals surface area contributed by atoms with Crippen molar-refractivity contribution in [2.75, 3.05) is 20.2 Å². The van der Waals surface area contributed by atoms with Gasteiger partial charge in [0.1, 0.15) is 23.8 Å². The lowest BCUT2D eigenvalue weighted by Crippen LogP contribution is -2.29. The molecule has 2 aromatic rings. The van der Waals surface area contributed by atoms with Crippen molar-refractivity contribution in [1.82, 2.24) is 9.88 Å². The number of carbonyl (C=O) groups is 1. The summed E-state index contributed by atoms with van der Waals surface area (Å²) in [5.41, 5.74) is 7.58. The molecule has 0 radical (unpaired) electrons. The molecule has 0 saturated carbocycles. The predicted octanol–water partition coefficient (Wildman–Crippen LogP) is 1.80. The van der Waals surface area contributed by atoms with Crippen molar-refractivity contribution in [2.24, 2.45) is 5.73 Å². The highest BCUT2D eigenvalue weighted by Gasteiger charge is 2.34. The molecular formula is C19H22FN3O4. The molecule has 1 saturated heterocycles. The molecule has 8 heteroatoms. The van der Waals surface area contributed by atoms with Gasteiger partial charge in [0.25, 0.3) is 5.91 Å². The van der Waals surface area contributed by atoms with Gasteiger partial charge in [-0.3, -0.25) is 4.79 Å². The molecule has 2 atom stereocenters.